The minimum absolute atomic E-state index is 0.0293. The Morgan fingerprint density at radius 2 is 1.86 bits per heavy atom. The Morgan fingerprint density at radius 1 is 1.04 bits per heavy atom. The normalized spacial score (nSPS) is 13.2. The minimum atomic E-state index is 0.0293. The quantitative estimate of drug-likeness (QED) is 0.600. The molecule has 2 N–H and O–H groups in total. The number of amides is 1. The van der Waals surface area contributed by atoms with E-state index >= 15 is 0 Å². The van der Waals surface area contributed by atoms with Crippen molar-refractivity contribution < 1.29 is 4.79 Å². The highest BCUT2D eigenvalue weighted by atomic mass is 16.2. The van der Waals surface area contributed by atoms with Gasteiger partial charge in [0.1, 0.15) is 0 Å². The summed E-state index contributed by atoms with van der Waals surface area (Å²) in [6.07, 6.45) is 4.52. The van der Waals surface area contributed by atoms with E-state index in [1.165, 1.54) is 36.0 Å². The maximum Gasteiger partial charge on any atom is 0.253 e. The Kier molecular flexibility index (Phi) is 6.69. The number of aliphatic imine (C=N–C) groups is 1. The van der Waals surface area contributed by atoms with Crippen molar-refractivity contribution in [2.24, 2.45) is 4.99 Å². The molecule has 1 aliphatic carbocycles. The molecule has 5 heteroatoms. The van der Waals surface area contributed by atoms with Gasteiger partial charge >= 0.3 is 0 Å². The molecule has 5 nitrogen and oxygen atoms in total. The number of hydrogen-bond donors (Lipinski definition) is 2. The second-order valence-electron chi connectivity index (χ2n) is 7.46. The van der Waals surface area contributed by atoms with E-state index in [-0.39, 0.29) is 5.91 Å². The average molecular weight is 379 g/mol. The van der Waals surface area contributed by atoms with E-state index in [4.69, 9.17) is 0 Å². The Labute approximate surface area is 167 Å². The maximum absolute atomic E-state index is 12.1. The lowest BCUT2D eigenvalue weighted by Crippen LogP contribution is -2.37. The minimum Gasteiger partial charge on any atom is -0.356 e. The number of carbonyl (C=O) groups excluding carboxylic acids is 1. The molecule has 28 heavy (non-hydrogen) atoms. The van der Waals surface area contributed by atoms with Crippen LogP contribution in [0, 0.1) is 0 Å². The molecule has 2 aromatic rings. The van der Waals surface area contributed by atoms with Crippen LogP contribution < -0.4 is 10.6 Å². The summed E-state index contributed by atoms with van der Waals surface area (Å²) in [6.45, 7) is 1.52. The molecule has 1 amide bonds. The molecule has 1 aliphatic rings. The van der Waals surface area contributed by atoms with Crippen LogP contribution in [-0.4, -0.2) is 44.5 Å². The summed E-state index contributed by atoms with van der Waals surface area (Å²) in [5, 5.41) is 6.74. The summed E-state index contributed by atoms with van der Waals surface area (Å²) in [5.74, 6) is 0.822. The zero-order chi connectivity index (χ0) is 19.9. The van der Waals surface area contributed by atoms with Gasteiger partial charge in [0.05, 0.1) is 0 Å². The third-order valence-corrected chi connectivity index (χ3v) is 5.13. The molecule has 0 saturated carbocycles. The van der Waals surface area contributed by atoms with Crippen molar-refractivity contribution in [1.82, 2.24) is 15.5 Å². The summed E-state index contributed by atoms with van der Waals surface area (Å²) in [6, 6.07) is 14.6. The summed E-state index contributed by atoms with van der Waals surface area (Å²) >= 11 is 0. The number of nitrogens with zero attached hydrogens (tertiary/aromatic N) is 2. The second-order valence-corrected chi connectivity index (χ2v) is 7.46. The average Bonchev–Trinajstić information content (AvgIpc) is 3.18. The molecule has 0 aromatic heterocycles. The van der Waals surface area contributed by atoms with E-state index < -0.39 is 0 Å². The highest BCUT2D eigenvalue weighted by molar-refractivity contribution is 5.94. The summed E-state index contributed by atoms with van der Waals surface area (Å²) in [7, 11) is 5.33. The van der Waals surface area contributed by atoms with E-state index in [9.17, 15) is 4.79 Å². The molecule has 0 aliphatic heterocycles. The third-order valence-electron chi connectivity index (χ3n) is 5.13. The monoisotopic (exact) mass is 378 g/mol. The highest BCUT2D eigenvalue weighted by Gasteiger charge is 2.11. The van der Waals surface area contributed by atoms with Crippen LogP contribution >= 0.6 is 0 Å². The number of guanidine groups is 1. The first kappa shape index (κ1) is 19.9. The van der Waals surface area contributed by atoms with Crippen LogP contribution in [0.5, 0.6) is 0 Å². The van der Waals surface area contributed by atoms with E-state index in [0.717, 1.165) is 36.6 Å². The van der Waals surface area contributed by atoms with Gasteiger partial charge in [0.25, 0.3) is 5.91 Å². The molecule has 2 aromatic carbocycles. The lowest BCUT2D eigenvalue weighted by molar-refractivity contribution is 0.0827. The van der Waals surface area contributed by atoms with Gasteiger partial charge in [-0.3, -0.25) is 9.79 Å². The van der Waals surface area contributed by atoms with Gasteiger partial charge in [-0.2, -0.15) is 0 Å². The molecule has 0 radical (unpaired) electrons. The lowest BCUT2D eigenvalue weighted by Gasteiger charge is -2.14. The fourth-order valence-electron chi connectivity index (χ4n) is 3.58. The molecule has 0 saturated heterocycles. The highest BCUT2D eigenvalue weighted by Crippen LogP contribution is 2.22. The first-order valence-corrected chi connectivity index (χ1v) is 9.92. The van der Waals surface area contributed by atoms with E-state index in [1.807, 2.05) is 18.2 Å². The Hall–Kier alpha value is -2.82. The fraction of sp³-hybridized carbons (Fsp3) is 0.391. The van der Waals surface area contributed by atoms with E-state index in [2.05, 4.69) is 39.9 Å². The smallest absolute Gasteiger partial charge is 0.253 e. The molecule has 0 atom stereocenters. The molecule has 3 rings (SSSR count). The first-order valence-electron chi connectivity index (χ1n) is 9.92. The van der Waals surface area contributed by atoms with Crippen molar-refractivity contribution in [3.05, 3.63) is 70.3 Å². The molecule has 0 spiro atoms. The van der Waals surface area contributed by atoms with Gasteiger partial charge in [0.2, 0.25) is 0 Å². The van der Waals surface area contributed by atoms with Gasteiger partial charge in [0.15, 0.2) is 5.96 Å². The molecular weight excluding hydrogens is 348 g/mol. The number of fused-ring (bicyclic) bond motifs is 1. The van der Waals surface area contributed by atoms with Gasteiger partial charge in [-0.05, 0) is 60.1 Å². The Bertz CT molecular complexity index is 857. The topological polar surface area (TPSA) is 56.7 Å². The molecule has 0 fully saturated rings. The van der Waals surface area contributed by atoms with Crippen LogP contribution in [0.25, 0.3) is 0 Å². The van der Waals surface area contributed by atoms with Crippen molar-refractivity contribution in [2.75, 3.05) is 27.7 Å². The molecule has 0 bridgehead atoms. The maximum atomic E-state index is 12.1. The fourth-order valence-corrected chi connectivity index (χ4v) is 3.58. The van der Waals surface area contributed by atoms with E-state index in [1.54, 1.807) is 26.0 Å². The van der Waals surface area contributed by atoms with Crippen LogP contribution in [0.4, 0.5) is 0 Å². The predicted molar refractivity (Wildman–Crippen MR) is 115 cm³/mol. The molecule has 148 valence electrons. The number of carbonyl (C=O) groups is 1. The van der Waals surface area contributed by atoms with Crippen molar-refractivity contribution in [1.29, 1.82) is 0 Å². The van der Waals surface area contributed by atoms with Crippen LogP contribution in [0.1, 0.15) is 39.0 Å². The van der Waals surface area contributed by atoms with Crippen LogP contribution in [-0.2, 0) is 25.8 Å². The largest absolute Gasteiger partial charge is 0.356 e. The van der Waals surface area contributed by atoms with Crippen molar-refractivity contribution in [2.45, 2.75) is 32.2 Å². The first-order chi connectivity index (χ1) is 13.6. The number of benzene rings is 2. The van der Waals surface area contributed by atoms with Crippen molar-refractivity contribution >= 4 is 11.9 Å². The number of nitrogens with one attached hydrogen (secondary N) is 2. The number of aryl methyl sites for hydroxylation is 2. The van der Waals surface area contributed by atoms with Crippen molar-refractivity contribution in [3.8, 4) is 0 Å². The third kappa shape index (κ3) is 5.12. The zero-order valence-corrected chi connectivity index (χ0v) is 17.1. The lowest BCUT2D eigenvalue weighted by atomic mass is 10.1. The SMILES string of the molecule is CN=C(NCCc1cccc(C(=O)N(C)C)c1)NCc1ccc2c(c1)CCC2. The van der Waals surface area contributed by atoms with Gasteiger partial charge in [-0.25, -0.2) is 0 Å². The van der Waals surface area contributed by atoms with Gasteiger partial charge in [-0.15, -0.1) is 0 Å². The second kappa shape index (κ2) is 9.40. The van der Waals surface area contributed by atoms with Gasteiger partial charge in [-0.1, -0.05) is 30.3 Å². The number of hydrogen-bond acceptors (Lipinski definition) is 2. The summed E-state index contributed by atoms with van der Waals surface area (Å²) in [5.41, 5.74) is 6.14. The molecule has 0 unspecified atom stereocenters. The summed E-state index contributed by atoms with van der Waals surface area (Å²) in [4.78, 5) is 18.0. The van der Waals surface area contributed by atoms with E-state index in [0.29, 0.717) is 0 Å². The Balaban J connectivity index is 1.48. The molecular formula is C23H30N4O. The summed E-state index contributed by atoms with van der Waals surface area (Å²) < 4.78 is 0. The molecule has 0 heterocycles. The van der Waals surface area contributed by atoms with Crippen molar-refractivity contribution in [3.63, 3.8) is 0 Å². The zero-order valence-electron chi connectivity index (χ0n) is 17.1. The van der Waals surface area contributed by atoms with Crippen LogP contribution in [0.3, 0.4) is 0 Å². The number of rotatable bonds is 6. The van der Waals surface area contributed by atoms with Crippen LogP contribution in [0.2, 0.25) is 0 Å². The van der Waals surface area contributed by atoms with Crippen LogP contribution in [0.15, 0.2) is 47.5 Å². The standard InChI is InChI=1S/C23H30N4O/c1-24-23(26-16-18-10-11-19-7-5-8-20(19)15-18)25-13-12-17-6-4-9-21(14-17)22(28)27(2)3/h4,6,9-11,14-15H,5,7-8,12-13,16H2,1-3H3,(H2,24,25,26). The predicted octanol–water partition coefficient (Wildman–Crippen LogP) is 2.78. The van der Waals surface area contributed by atoms with Gasteiger partial charge in [0, 0.05) is 39.8 Å². The van der Waals surface area contributed by atoms with Gasteiger partial charge < -0.3 is 15.5 Å². The Morgan fingerprint density at radius 3 is 2.64 bits per heavy atom.